The first-order chi connectivity index (χ1) is 28.4. The highest BCUT2D eigenvalue weighted by atomic mass is 35.5. The lowest BCUT2D eigenvalue weighted by atomic mass is 10.1. The topological polar surface area (TPSA) is 108 Å². The molecule has 0 spiro atoms. The summed E-state index contributed by atoms with van der Waals surface area (Å²) in [6, 6.07) is 33.3. The molecule has 4 aromatic rings. The molecule has 0 saturated heterocycles. The van der Waals surface area contributed by atoms with Crippen molar-refractivity contribution in [2.24, 2.45) is 0 Å². The molecule has 318 valence electrons. The zero-order valence-corrected chi connectivity index (χ0v) is 37.9. The van der Waals surface area contributed by atoms with Crippen LogP contribution in [0.15, 0.2) is 97.3 Å². The molecule has 60 heavy (non-hydrogen) atoms. The van der Waals surface area contributed by atoms with E-state index in [1.807, 2.05) is 38.4 Å². The first-order valence-electron chi connectivity index (χ1n) is 20.1. The number of halogens is 2. The molecule has 0 aliphatic heterocycles. The van der Waals surface area contributed by atoms with Crippen LogP contribution in [0.5, 0.6) is 0 Å². The van der Waals surface area contributed by atoms with E-state index in [9.17, 15) is 9.59 Å². The summed E-state index contributed by atoms with van der Waals surface area (Å²) in [6.07, 6.45) is 17.6. The monoisotopic (exact) mass is 885 g/mol. The van der Waals surface area contributed by atoms with Crippen molar-refractivity contribution in [1.29, 1.82) is 10.5 Å². The molecule has 0 fully saturated rings. The average molecular weight is 887 g/mol. The number of nitrogens with zero attached hydrogens (tertiary/aromatic N) is 6. The third-order valence-electron chi connectivity index (χ3n) is 9.56. The van der Waals surface area contributed by atoms with E-state index in [1.165, 1.54) is 0 Å². The predicted molar refractivity (Wildman–Crippen MR) is 242 cm³/mol. The Hall–Kier alpha value is -4.78. The summed E-state index contributed by atoms with van der Waals surface area (Å²) < 4.78 is 4.37. The molecule has 2 aromatic heterocycles. The minimum Gasteiger partial charge on any atom is -1.00 e. The molecule has 0 aliphatic carbocycles. The number of anilines is 2. The van der Waals surface area contributed by atoms with Crippen LogP contribution in [0.1, 0.15) is 73.9 Å². The second-order valence-corrected chi connectivity index (χ2v) is 16.7. The largest absolute Gasteiger partial charge is 1.00 e. The van der Waals surface area contributed by atoms with Gasteiger partial charge in [0.15, 0.2) is 12.4 Å². The maximum absolute atomic E-state index is 12.6. The molecular formula is C47H57Cl2N7O2S2. The molecule has 2 heterocycles. The summed E-state index contributed by atoms with van der Waals surface area (Å²) in [7, 11) is 7.50. The third-order valence-corrected chi connectivity index (χ3v) is 12.1. The van der Waals surface area contributed by atoms with Crippen LogP contribution in [-0.2, 0) is 22.7 Å². The second-order valence-electron chi connectivity index (χ2n) is 14.0. The van der Waals surface area contributed by atoms with Gasteiger partial charge in [0, 0.05) is 125 Å². The van der Waals surface area contributed by atoms with Crippen molar-refractivity contribution in [2.45, 2.75) is 64.5 Å². The third kappa shape index (κ3) is 19.5. The maximum Gasteiger partial charge on any atom is 0.220 e. The number of carbonyl (C=O) groups is 2. The molecular weight excluding hydrogens is 830 g/mol. The normalized spacial score (nSPS) is 10.7. The molecule has 2 aromatic carbocycles. The van der Waals surface area contributed by atoms with Crippen molar-refractivity contribution >= 4 is 69.0 Å². The molecule has 0 radical (unpaired) electrons. The Morgan fingerprint density at radius 2 is 1.10 bits per heavy atom. The van der Waals surface area contributed by atoms with Crippen molar-refractivity contribution < 1.29 is 43.5 Å². The quantitative estimate of drug-likeness (QED) is 0.0583. The number of amides is 1. The summed E-state index contributed by atoms with van der Waals surface area (Å²) in [5.41, 5.74) is 6.56. The molecule has 0 bridgehead atoms. The van der Waals surface area contributed by atoms with Gasteiger partial charge in [0.05, 0.1) is 25.0 Å². The molecule has 9 nitrogen and oxygen atoms in total. The number of aromatic nitrogens is 2. The Kier molecular flexibility index (Phi) is 25.9. The van der Waals surface area contributed by atoms with Crippen LogP contribution >= 0.6 is 21.6 Å². The first-order valence-corrected chi connectivity index (χ1v) is 22.6. The summed E-state index contributed by atoms with van der Waals surface area (Å²) in [5, 5.41) is 20.7. The molecule has 0 saturated carbocycles. The fraction of sp³-hybridized carbons (Fsp3) is 0.362. The van der Waals surface area contributed by atoms with Crippen LogP contribution in [0.4, 0.5) is 11.4 Å². The molecule has 1 amide bonds. The van der Waals surface area contributed by atoms with Gasteiger partial charge in [-0.3, -0.25) is 9.59 Å². The summed E-state index contributed by atoms with van der Waals surface area (Å²) in [5.74, 6) is 2.14. The summed E-state index contributed by atoms with van der Waals surface area (Å²) >= 11 is 0. The number of nitriles is 2. The molecule has 13 heteroatoms. The molecule has 4 rings (SSSR count). The molecule has 0 aliphatic rings. The van der Waals surface area contributed by atoms with Gasteiger partial charge < -0.3 is 39.9 Å². The lowest BCUT2D eigenvalue weighted by Gasteiger charge is -2.17. The van der Waals surface area contributed by atoms with Gasteiger partial charge in [-0.2, -0.15) is 19.7 Å². The van der Waals surface area contributed by atoms with E-state index >= 15 is 0 Å². The second kappa shape index (κ2) is 30.3. The number of carbonyl (C=O) groups excluding carboxylic acids is 2. The number of hydrogen-bond donors (Lipinski definition) is 1. The van der Waals surface area contributed by atoms with Crippen molar-refractivity contribution in [3.8, 4) is 12.1 Å². The standard InChI is InChI=1S/C47H56N7O2S2.2ClH/c1-51(32-10-29-48)42-23-17-40(18-24-42)21-27-44-12-3-5-34-53(44)36-7-14-46(55)15-9-38-57-58-39-31-50-47(56)16-8-37-54-35-6-4-13-45(54)28-22-41-19-25-43(26-20-41)52(2)33-11-30-49;;/h3-6,12-13,17-28,34-35H,7-11,14-16,31-33,36-39H2,1-2H3;2*1H/q+1;;/p-1. The maximum atomic E-state index is 12.6. The SMILES string of the molecule is CN(CCC#N)c1ccc(/C=C/c2cccc[n+]2CCCC(=O)CCCSSCCNC(=O)CCC[n+]2ccccc2/C=C/c2ccc(N(C)CCC#N)cc2)cc1.[Cl-].[Cl-]. The number of hydrogen-bond acceptors (Lipinski definition) is 8. The number of benzene rings is 2. The van der Waals surface area contributed by atoms with E-state index in [4.69, 9.17) is 10.5 Å². The van der Waals surface area contributed by atoms with Crippen LogP contribution in [0.25, 0.3) is 24.3 Å². The Morgan fingerprint density at radius 1 is 0.633 bits per heavy atom. The highest BCUT2D eigenvalue weighted by molar-refractivity contribution is 8.76. The zero-order valence-electron chi connectivity index (χ0n) is 34.7. The van der Waals surface area contributed by atoms with E-state index < -0.39 is 0 Å². The van der Waals surface area contributed by atoms with Crippen molar-refractivity contribution in [1.82, 2.24) is 5.32 Å². The predicted octanol–water partition coefficient (Wildman–Crippen LogP) is 2.42. The van der Waals surface area contributed by atoms with Gasteiger partial charge >= 0.3 is 0 Å². The van der Waals surface area contributed by atoms with Crippen LogP contribution in [0.2, 0.25) is 0 Å². The Balaban J connectivity index is 0.00000620. The van der Waals surface area contributed by atoms with E-state index in [2.05, 4.69) is 134 Å². The van der Waals surface area contributed by atoms with Gasteiger partial charge in [-0.15, -0.1) is 0 Å². The lowest BCUT2D eigenvalue weighted by molar-refractivity contribution is -0.699. The Labute approximate surface area is 377 Å². The zero-order chi connectivity index (χ0) is 41.2. The fourth-order valence-corrected chi connectivity index (χ4v) is 8.17. The van der Waals surface area contributed by atoms with Gasteiger partial charge in [0.2, 0.25) is 17.3 Å². The lowest BCUT2D eigenvalue weighted by Crippen LogP contribution is -3.00. The van der Waals surface area contributed by atoms with Gasteiger partial charge in [-0.05, 0) is 66.1 Å². The molecule has 0 atom stereocenters. The minimum absolute atomic E-state index is 0. The fourth-order valence-electron chi connectivity index (χ4n) is 6.17. The number of Topliss-reactive ketones (excluding diaryl/α,β-unsaturated/α-hetero) is 1. The summed E-state index contributed by atoms with van der Waals surface area (Å²) in [4.78, 5) is 29.2. The first kappa shape index (κ1) is 51.4. The number of ketones is 1. The van der Waals surface area contributed by atoms with Gasteiger partial charge in [0.1, 0.15) is 18.9 Å². The number of aryl methyl sites for hydroxylation is 2. The van der Waals surface area contributed by atoms with Gasteiger partial charge in [-0.25, -0.2) is 0 Å². The van der Waals surface area contributed by atoms with Gasteiger partial charge in [0.25, 0.3) is 0 Å². The Morgan fingerprint density at radius 3 is 1.60 bits per heavy atom. The van der Waals surface area contributed by atoms with Crippen molar-refractivity contribution in [2.75, 3.05) is 55.0 Å². The van der Waals surface area contributed by atoms with E-state index in [-0.39, 0.29) is 30.7 Å². The van der Waals surface area contributed by atoms with Crippen LogP contribution < -0.4 is 49.1 Å². The van der Waals surface area contributed by atoms with Crippen LogP contribution in [0, 0.1) is 22.7 Å². The smallest absolute Gasteiger partial charge is 0.220 e. The highest BCUT2D eigenvalue weighted by Crippen LogP contribution is 2.22. The van der Waals surface area contributed by atoms with Crippen molar-refractivity contribution in [3.63, 3.8) is 0 Å². The van der Waals surface area contributed by atoms with E-state index in [1.54, 1.807) is 21.6 Å². The number of pyridine rings is 2. The number of rotatable bonds is 26. The molecule has 1 N–H and O–H groups in total. The van der Waals surface area contributed by atoms with Gasteiger partial charge in [-0.1, -0.05) is 45.9 Å². The number of nitrogens with one attached hydrogen (secondary N) is 1. The van der Waals surface area contributed by atoms with Crippen LogP contribution in [0.3, 0.4) is 0 Å². The summed E-state index contributed by atoms with van der Waals surface area (Å²) in [6.45, 7) is 3.59. The van der Waals surface area contributed by atoms with Crippen LogP contribution in [-0.4, -0.2) is 56.9 Å². The van der Waals surface area contributed by atoms with E-state index in [0.717, 1.165) is 77.7 Å². The van der Waals surface area contributed by atoms with Crippen molar-refractivity contribution in [3.05, 3.63) is 120 Å². The minimum atomic E-state index is 0. The van der Waals surface area contributed by atoms with E-state index in [0.29, 0.717) is 57.5 Å². The Bertz CT molecular complexity index is 1870. The highest BCUT2D eigenvalue weighted by Gasteiger charge is 2.11. The molecule has 0 unspecified atom stereocenters. The average Bonchev–Trinajstić information content (AvgIpc) is 3.25.